The summed E-state index contributed by atoms with van der Waals surface area (Å²) >= 11 is 0. The van der Waals surface area contributed by atoms with Crippen molar-refractivity contribution in [3.63, 3.8) is 0 Å². The first-order valence-electron chi connectivity index (χ1n) is 9.00. The molecule has 0 aliphatic heterocycles. The van der Waals surface area contributed by atoms with Crippen LogP contribution in [0.3, 0.4) is 0 Å². The van der Waals surface area contributed by atoms with Crippen LogP contribution in [-0.2, 0) is 5.41 Å². The number of nitrogens with zero attached hydrogens (tertiary/aromatic N) is 2. The number of hydrogen-bond donors (Lipinski definition) is 1. The minimum absolute atomic E-state index is 0.259. The van der Waals surface area contributed by atoms with Gasteiger partial charge in [-0.1, -0.05) is 48.5 Å². The summed E-state index contributed by atoms with van der Waals surface area (Å²) in [7, 11) is 0. The first-order valence-corrected chi connectivity index (χ1v) is 9.00. The number of phenolic OH excluding ortho intramolecular Hbond substituents is 1. The summed E-state index contributed by atoms with van der Waals surface area (Å²) in [5, 5.41) is 9.87. The zero-order valence-electron chi connectivity index (χ0n) is 14.9. The SMILES string of the molecule is Cc1ccccc1C1(c2ccc(O)cc2)c2cccnc2-c2ncccc21. The van der Waals surface area contributed by atoms with Gasteiger partial charge in [-0.25, -0.2) is 0 Å². The molecule has 0 spiro atoms. The highest BCUT2D eigenvalue weighted by atomic mass is 16.3. The molecule has 0 saturated carbocycles. The minimum Gasteiger partial charge on any atom is -0.508 e. The molecule has 0 amide bonds. The highest BCUT2D eigenvalue weighted by molar-refractivity contribution is 5.82. The van der Waals surface area contributed by atoms with Gasteiger partial charge in [0, 0.05) is 12.4 Å². The predicted molar refractivity (Wildman–Crippen MR) is 106 cm³/mol. The van der Waals surface area contributed by atoms with E-state index in [2.05, 4.69) is 53.3 Å². The zero-order chi connectivity index (χ0) is 18.4. The molecule has 4 aromatic rings. The van der Waals surface area contributed by atoms with Crippen molar-refractivity contribution in [3.8, 4) is 17.1 Å². The van der Waals surface area contributed by atoms with Crippen molar-refractivity contribution in [2.24, 2.45) is 0 Å². The smallest absolute Gasteiger partial charge is 0.115 e. The van der Waals surface area contributed by atoms with E-state index in [0.717, 1.165) is 28.1 Å². The molecule has 0 saturated heterocycles. The quantitative estimate of drug-likeness (QED) is 0.495. The normalized spacial score (nSPS) is 13.8. The topological polar surface area (TPSA) is 46.0 Å². The Kier molecular flexibility index (Phi) is 3.37. The third-order valence-electron chi connectivity index (χ3n) is 5.50. The molecule has 3 nitrogen and oxygen atoms in total. The molecule has 3 heteroatoms. The van der Waals surface area contributed by atoms with Crippen LogP contribution in [0, 0.1) is 6.92 Å². The maximum absolute atomic E-state index is 9.87. The zero-order valence-corrected chi connectivity index (χ0v) is 14.9. The molecule has 2 aromatic heterocycles. The van der Waals surface area contributed by atoms with Crippen LogP contribution in [0.15, 0.2) is 85.2 Å². The number of aromatic nitrogens is 2. The molecule has 0 fully saturated rings. The molecular formula is C24H18N2O. The lowest BCUT2D eigenvalue weighted by Gasteiger charge is -2.34. The summed E-state index contributed by atoms with van der Waals surface area (Å²) < 4.78 is 0. The lowest BCUT2D eigenvalue weighted by atomic mass is 9.67. The number of aryl methyl sites for hydroxylation is 1. The van der Waals surface area contributed by atoms with Gasteiger partial charge in [0.1, 0.15) is 5.75 Å². The number of aromatic hydroxyl groups is 1. The van der Waals surface area contributed by atoms with E-state index in [9.17, 15) is 5.11 Å². The third-order valence-corrected chi connectivity index (χ3v) is 5.50. The van der Waals surface area contributed by atoms with Gasteiger partial charge in [0.15, 0.2) is 0 Å². The number of hydrogen-bond acceptors (Lipinski definition) is 3. The highest BCUT2D eigenvalue weighted by Gasteiger charge is 2.48. The van der Waals surface area contributed by atoms with E-state index in [-0.39, 0.29) is 5.75 Å². The Morgan fingerprint density at radius 1 is 0.667 bits per heavy atom. The average Bonchev–Trinajstić information content (AvgIpc) is 3.01. The summed E-state index contributed by atoms with van der Waals surface area (Å²) in [6, 6.07) is 24.2. The van der Waals surface area contributed by atoms with Crippen molar-refractivity contribution in [2.75, 3.05) is 0 Å². The van der Waals surface area contributed by atoms with Gasteiger partial charge in [-0.3, -0.25) is 9.97 Å². The van der Waals surface area contributed by atoms with E-state index >= 15 is 0 Å². The molecule has 130 valence electrons. The molecular weight excluding hydrogens is 332 g/mol. The maximum atomic E-state index is 9.87. The molecule has 1 aliphatic carbocycles. The Bertz CT molecular complexity index is 1100. The van der Waals surface area contributed by atoms with Gasteiger partial charge in [0.25, 0.3) is 0 Å². The maximum Gasteiger partial charge on any atom is 0.115 e. The molecule has 1 aliphatic rings. The van der Waals surface area contributed by atoms with Gasteiger partial charge < -0.3 is 5.11 Å². The van der Waals surface area contributed by atoms with Crippen molar-refractivity contribution >= 4 is 0 Å². The first-order chi connectivity index (χ1) is 13.2. The standard InChI is InChI=1S/C24H18N2O/c1-16-6-2-3-7-19(16)24(17-10-12-18(27)13-11-17)20-8-4-14-25-22(20)23-21(24)9-5-15-26-23/h2-15,27H,1H3. The second kappa shape index (κ2) is 5.78. The van der Waals surface area contributed by atoms with E-state index in [1.165, 1.54) is 11.1 Å². The van der Waals surface area contributed by atoms with Crippen molar-refractivity contribution in [2.45, 2.75) is 12.3 Å². The summed E-state index contributed by atoms with van der Waals surface area (Å²) in [6.45, 7) is 2.14. The number of phenols is 1. The van der Waals surface area contributed by atoms with E-state index in [0.29, 0.717) is 0 Å². The van der Waals surface area contributed by atoms with Crippen molar-refractivity contribution in [1.29, 1.82) is 0 Å². The fraction of sp³-hybridized carbons (Fsp3) is 0.0833. The van der Waals surface area contributed by atoms with Crippen LogP contribution in [0.4, 0.5) is 0 Å². The van der Waals surface area contributed by atoms with E-state index in [1.54, 1.807) is 12.1 Å². The molecule has 5 rings (SSSR count). The summed E-state index contributed by atoms with van der Waals surface area (Å²) in [4.78, 5) is 9.36. The summed E-state index contributed by atoms with van der Waals surface area (Å²) in [5.41, 5.74) is 7.09. The first kappa shape index (κ1) is 15.8. The Labute approximate surface area is 158 Å². The Balaban J connectivity index is 1.98. The second-order valence-electron chi connectivity index (χ2n) is 6.91. The van der Waals surface area contributed by atoms with Crippen LogP contribution >= 0.6 is 0 Å². The van der Waals surface area contributed by atoms with E-state index in [1.807, 2.05) is 36.7 Å². The molecule has 0 radical (unpaired) electrons. The van der Waals surface area contributed by atoms with Crippen molar-refractivity contribution in [1.82, 2.24) is 9.97 Å². The summed E-state index contributed by atoms with van der Waals surface area (Å²) in [6.07, 6.45) is 3.64. The molecule has 2 aromatic carbocycles. The van der Waals surface area contributed by atoms with Crippen LogP contribution in [0.2, 0.25) is 0 Å². The molecule has 0 bridgehead atoms. The molecule has 0 unspecified atom stereocenters. The number of fused-ring (bicyclic) bond motifs is 3. The van der Waals surface area contributed by atoms with Gasteiger partial charge in [0.05, 0.1) is 16.8 Å². The fourth-order valence-corrected chi connectivity index (χ4v) is 4.40. The van der Waals surface area contributed by atoms with E-state index in [4.69, 9.17) is 0 Å². The van der Waals surface area contributed by atoms with Gasteiger partial charge in [-0.05, 0) is 59.0 Å². The monoisotopic (exact) mass is 350 g/mol. The molecule has 2 heterocycles. The molecule has 27 heavy (non-hydrogen) atoms. The number of rotatable bonds is 2. The predicted octanol–water partition coefficient (Wildman–Crippen LogP) is 4.85. The second-order valence-corrected chi connectivity index (χ2v) is 6.91. The van der Waals surface area contributed by atoms with Crippen LogP contribution in [0.5, 0.6) is 5.75 Å². The summed E-state index contributed by atoms with van der Waals surface area (Å²) in [5.74, 6) is 0.259. The molecule has 0 atom stereocenters. The van der Waals surface area contributed by atoms with Gasteiger partial charge in [-0.15, -0.1) is 0 Å². The van der Waals surface area contributed by atoms with Gasteiger partial charge >= 0.3 is 0 Å². The van der Waals surface area contributed by atoms with Crippen LogP contribution < -0.4 is 0 Å². The van der Waals surface area contributed by atoms with Crippen LogP contribution in [-0.4, -0.2) is 15.1 Å². The van der Waals surface area contributed by atoms with Crippen LogP contribution in [0.25, 0.3) is 11.4 Å². The number of pyridine rings is 2. The lowest BCUT2D eigenvalue weighted by molar-refractivity contribution is 0.475. The molecule has 1 N–H and O–H groups in total. The van der Waals surface area contributed by atoms with Crippen molar-refractivity contribution in [3.05, 3.63) is 113 Å². The Morgan fingerprint density at radius 2 is 1.22 bits per heavy atom. The number of benzene rings is 2. The highest BCUT2D eigenvalue weighted by Crippen LogP contribution is 2.55. The Hall–Kier alpha value is -3.46. The van der Waals surface area contributed by atoms with Crippen LogP contribution in [0.1, 0.15) is 27.8 Å². The lowest BCUT2D eigenvalue weighted by Crippen LogP contribution is -2.29. The fourth-order valence-electron chi connectivity index (χ4n) is 4.40. The van der Waals surface area contributed by atoms with Gasteiger partial charge in [0.2, 0.25) is 0 Å². The van der Waals surface area contributed by atoms with Crippen molar-refractivity contribution < 1.29 is 5.11 Å². The average molecular weight is 350 g/mol. The Morgan fingerprint density at radius 3 is 1.81 bits per heavy atom. The largest absolute Gasteiger partial charge is 0.508 e. The van der Waals surface area contributed by atoms with E-state index < -0.39 is 5.41 Å². The third kappa shape index (κ3) is 2.08. The minimum atomic E-state index is -0.508. The van der Waals surface area contributed by atoms with Gasteiger partial charge in [-0.2, -0.15) is 0 Å².